The SMILES string of the molecule is [N-]=[N+]=Nc1ccc(COC(=S)NCc2ccccc2)cc1. The Hall–Kier alpha value is -2.56. The first kappa shape index (κ1) is 14.8. The summed E-state index contributed by atoms with van der Waals surface area (Å²) in [4.78, 5) is 2.73. The van der Waals surface area contributed by atoms with Crippen molar-refractivity contribution in [1.29, 1.82) is 0 Å². The van der Waals surface area contributed by atoms with E-state index in [-0.39, 0.29) is 0 Å². The maximum Gasteiger partial charge on any atom is 0.257 e. The monoisotopic (exact) mass is 298 g/mol. The lowest BCUT2D eigenvalue weighted by Crippen LogP contribution is -2.23. The first-order chi connectivity index (χ1) is 10.3. The molecule has 2 rings (SSSR count). The van der Waals surface area contributed by atoms with Crippen molar-refractivity contribution in [2.24, 2.45) is 5.11 Å². The van der Waals surface area contributed by atoms with E-state index in [1.54, 1.807) is 12.1 Å². The topological polar surface area (TPSA) is 70.0 Å². The van der Waals surface area contributed by atoms with Crippen LogP contribution < -0.4 is 5.32 Å². The summed E-state index contributed by atoms with van der Waals surface area (Å²) < 4.78 is 5.47. The molecular weight excluding hydrogens is 284 g/mol. The molecule has 0 radical (unpaired) electrons. The molecule has 0 fully saturated rings. The molecule has 0 aliphatic rings. The molecule has 6 heteroatoms. The second kappa shape index (κ2) is 7.89. The number of nitrogens with one attached hydrogen (secondary N) is 1. The lowest BCUT2D eigenvalue weighted by Gasteiger charge is -2.10. The molecule has 106 valence electrons. The second-order valence-corrected chi connectivity index (χ2v) is 4.64. The standard InChI is InChI=1S/C15H14N4OS/c16-19-18-14-8-6-13(7-9-14)11-20-15(21)17-10-12-4-2-1-3-5-12/h1-9H,10-11H2,(H,17,21). The van der Waals surface area contributed by atoms with Crippen molar-refractivity contribution < 1.29 is 4.74 Å². The third-order valence-electron chi connectivity index (χ3n) is 2.75. The Labute approximate surface area is 128 Å². The summed E-state index contributed by atoms with van der Waals surface area (Å²) >= 11 is 5.12. The molecule has 0 saturated carbocycles. The van der Waals surface area contributed by atoms with Crippen molar-refractivity contribution in [2.75, 3.05) is 0 Å². The lowest BCUT2D eigenvalue weighted by atomic mass is 10.2. The zero-order chi connectivity index (χ0) is 14.9. The highest BCUT2D eigenvalue weighted by molar-refractivity contribution is 7.80. The summed E-state index contributed by atoms with van der Waals surface area (Å²) in [6.45, 7) is 1.01. The molecule has 2 aromatic rings. The number of azide groups is 1. The van der Waals surface area contributed by atoms with Gasteiger partial charge in [-0.3, -0.25) is 0 Å². The number of nitrogens with zero attached hydrogens (tertiary/aromatic N) is 3. The summed E-state index contributed by atoms with van der Waals surface area (Å²) in [7, 11) is 0. The Morgan fingerprint density at radius 1 is 1.10 bits per heavy atom. The quantitative estimate of drug-likeness (QED) is 0.389. The summed E-state index contributed by atoms with van der Waals surface area (Å²) in [6, 6.07) is 17.1. The average Bonchev–Trinajstić information content (AvgIpc) is 2.53. The zero-order valence-electron chi connectivity index (χ0n) is 11.3. The Balaban J connectivity index is 1.77. The Kier molecular flexibility index (Phi) is 5.58. The number of hydrogen-bond donors (Lipinski definition) is 1. The van der Waals surface area contributed by atoms with E-state index in [9.17, 15) is 0 Å². The van der Waals surface area contributed by atoms with Gasteiger partial charge in [0.25, 0.3) is 5.17 Å². The minimum Gasteiger partial charge on any atom is -0.466 e. The van der Waals surface area contributed by atoms with Gasteiger partial charge in [0, 0.05) is 17.1 Å². The number of hydrogen-bond acceptors (Lipinski definition) is 3. The van der Waals surface area contributed by atoms with Gasteiger partial charge >= 0.3 is 0 Å². The van der Waals surface area contributed by atoms with Crippen LogP contribution in [-0.4, -0.2) is 5.17 Å². The minimum atomic E-state index is 0.359. The van der Waals surface area contributed by atoms with Gasteiger partial charge in [0.1, 0.15) is 6.61 Å². The normalized spacial score (nSPS) is 9.52. The van der Waals surface area contributed by atoms with Crippen molar-refractivity contribution in [3.8, 4) is 0 Å². The van der Waals surface area contributed by atoms with Crippen LogP contribution in [0.1, 0.15) is 11.1 Å². The predicted octanol–water partition coefficient (Wildman–Crippen LogP) is 4.22. The fourth-order valence-electron chi connectivity index (χ4n) is 1.68. The van der Waals surface area contributed by atoms with Crippen LogP contribution in [0.5, 0.6) is 0 Å². The van der Waals surface area contributed by atoms with Crippen molar-refractivity contribution in [1.82, 2.24) is 5.32 Å². The molecule has 0 aromatic heterocycles. The van der Waals surface area contributed by atoms with E-state index in [1.165, 1.54) is 0 Å². The molecule has 0 amide bonds. The van der Waals surface area contributed by atoms with E-state index in [1.807, 2.05) is 42.5 Å². The largest absolute Gasteiger partial charge is 0.466 e. The van der Waals surface area contributed by atoms with Crippen LogP contribution in [0.25, 0.3) is 10.4 Å². The molecule has 0 heterocycles. The smallest absolute Gasteiger partial charge is 0.257 e. The first-order valence-corrected chi connectivity index (χ1v) is 6.77. The van der Waals surface area contributed by atoms with Crippen molar-refractivity contribution >= 4 is 23.1 Å². The molecule has 0 unspecified atom stereocenters. The lowest BCUT2D eigenvalue weighted by molar-refractivity contribution is 0.286. The maximum atomic E-state index is 8.33. The van der Waals surface area contributed by atoms with Crippen molar-refractivity contribution in [2.45, 2.75) is 13.2 Å². The van der Waals surface area contributed by atoms with Crippen LogP contribution in [0.3, 0.4) is 0 Å². The van der Waals surface area contributed by atoms with Gasteiger partial charge in [0.15, 0.2) is 0 Å². The van der Waals surface area contributed by atoms with Crippen molar-refractivity contribution in [3.63, 3.8) is 0 Å². The average molecular weight is 298 g/mol. The van der Waals surface area contributed by atoms with Gasteiger partial charge in [-0.2, -0.15) is 0 Å². The summed E-state index contributed by atoms with van der Waals surface area (Å²) in [5.41, 5.74) is 11.0. The molecule has 0 bridgehead atoms. The second-order valence-electron chi connectivity index (χ2n) is 4.27. The zero-order valence-corrected chi connectivity index (χ0v) is 12.1. The number of rotatable bonds is 5. The van der Waals surface area contributed by atoms with E-state index in [4.69, 9.17) is 22.5 Å². The molecule has 0 saturated heterocycles. The van der Waals surface area contributed by atoms with Crippen molar-refractivity contribution in [3.05, 3.63) is 76.2 Å². The highest BCUT2D eigenvalue weighted by Gasteiger charge is 1.99. The van der Waals surface area contributed by atoms with Gasteiger partial charge in [0.2, 0.25) is 0 Å². The first-order valence-electron chi connectivity index (χ1n) is 6.36. The third-order valence-corrected chi connectivity index (χ3v) is 3.01. The van der Waals surface area contributed by atoms with Gasteiger partial charge in [-0.1, -0.05) is 59.7 Å². The molecule has 0 aliphatic carbocycles. The third kappa shape index (κ3) is 5.14. The van der Waals surface area contributed by atoms with E-state index in [0.717, 1.165) is 11.1 Å². The predicted molar refractivity (Wildman–Crippen MR) is 85.9 cm³/mol. The molecular formula is C15H14N4OS. The summed E-state index contributed by atoms with van der Waals surface area (Å²) in [6.07, 6.45) is 0. The number of benzene rings is 2. The van der Waals surface area contributed by atoms with Gasteiger partial charge in [0.05, 0.1) is 0 Å². The van der Waals surface area contributed by atoms with Crippen LogP contribution in [-0.2, 0) is 17.9 Å². The van der Waals surface area contributed by atoms with E-state index in [0.29, 0.717) is 24.0 Å². The fraction of sp³-hybridized carbons (Fsp3) is 0.133. The van der Waals surface area contributed by atoms with E-state index in [2.05, 4.69) is 15.3 Å². The van der Waals surface area contributed by atoms with E-state index < -0.39 is 0 Å². The molecule has 1 N–H and O–H groups in total. The van der Waals surface area contributed by atoms with Crippen LogP contribution in [0.15, 0.2) is 59.7 Å². The Bertz CT molecular complexity index is 636. The van der Waals surface area contributed by atoms with E-state index >= 15 is 0 Å². The fourth-order valence-corrected chi connectivity index (χ4v) is 1.81. The van der Waals surface area contributed by atoms with Gasteiger partial charge in [-0.15, -0.1) is 0 Å². The Morgan fingerprint density at radius 3 is 2.48 bits per heavy atom. The molecule has 0 spiro atoms. The highest BCUT2D eigenvalue weighted by atomic mass is 32.1. The summed E-state index contributed by atoms with van der Waals surface area (Å²) in [5.74, 6) is 0. The molecule has 2 aromatic carbocycles. The van der Waals surface area contributed by atoms with Crippen LogP contribution in [0.2, 0.25) is 0 Å². The van der Waals surface area contributed by atoms with Crippen LogP contribution in [0, 0.1) is 0 Å². The Morgan fingerprint density at radius 2 is 1.81 bits per heavy atom. The molecule has 0 atom stereocenters. The summed E-state index contributed by atoms with van der Waals surface area (Å²) in [5, 5.41) is 6.91. The maximum absolute atomic E-state index is 8.33. The van der Waals surface area contributed by atoms with Crippen LogP contribution >= 0.6 is 12.2 Å². The molecule has 5 nitrogen and oxygen atoms in total. The minimum absolute atomic E-state index is 0.359. The van der Waals surface area contributed by atoms with Gasteiger partial charge in [-0.25, -0.2) is 0 Å². The molecule has 21 heavy (non-hydrogen) atoms. The van der Waals surface area contributed by atoms with Gasteiger partial charge < -0.3 is 10.1 Å². The number of thiocarbonyl (C=S) groups is 1. The van der Waals surface area contributed by atoms with Gasteiger partial charge in [-0.05, 0) is 28.9 Å². The highest BCUT2D eigenvalue weighted by Crippen LogP contribution is 2.13. The number of ether oxygens (including phenoxy) is 1. The molecule has 0 aliphatic heterocycles. The van der Waals surface area contributed by atoms with Crippen LogP contribution in [0.4, 0.5) is 5.69 Å².